The van der Waals surface area contributed by atoms with Crippen LogP contribution in [-0.2, 0) is 9.59 Å². The van der Waals surface area contributed by atoms with Gasteiger partial charge in [-0.2, -0.15) is 0 Å². The number of amides is 1. The molecule has 1 fully saturated rings. The molecular formula is C11H19N3O5S. The van der Waals surface area contributed by atoms with E-state index in [0.717, 1.165) is 11.9 Å². The maximum absolute atomic E-state index is 12.4. The van der Waals surface area contributed by atoms with Crippen LogP contribution in [0.1, 0.15) is 19.3 Å². The number of rotatable bonds is 8. The number of carbonyl (C=O) groups excluding carboxylic acids is 1. The highest BCUT2D eigenvalue weighted by Gasteiger charge is 2.40. The molecule has 0 aromatic heterocycles. The number of hydrogen-bond donors (Lipinski definition) is 3. The van der Waals surface area contributed by atoms with E-state index in [1.54, 1.807) is 0 Å². The Morgan fingerprint density at radius 2 is 2.20 bits per heavy atom. The number of carbonyl (C=O) groups is 2. The van der Waals surface area contributed by atoms with Crippen molar-refractivity contribution in [1.29, 1.82) is 0 Å². The Labute approximate surface area is 120 Å². The second-order valence-electron chi connectivity index (χ2n) is 4.73. The Hall–Kier alpha value is -1.19. The first-order valence-electron chi connectivity index (χ1n) is 6.37. The van der Waals surface area contributed by atoms with E-state index in [-0.39, 0.29) is 24.6 Å². The minimum Gasteiger partial charge on any atom is -0.480 e. The maximum Gasteiger partial charge on any atom is 0.326 e. The Balaban J connectivity index is 2.75. The van der Waals surface area contributed by atoms with E-state index >= 15 is 0 Å². The fraction of sp³-hybridized carbons (Fsp3) is 0.818. The molecule has 4 N–H and O–H groups in total. The van der Waals surface area contributed by atoms with Crippen LogP contribution in [0, 0.1) is 10.8 Å². The van der Waals surface area contributed by atoms with Crippen molar-refractivity contribution in [3.63, 3.8) is 0 Å². The molecule has 1 aliphatic heterocycles. The number of nitrogens with two attached hydrogens (primary N) is 1. The molecule has 1 saturated heterocycles. The van der Waals surface area contributed by atoms with Crippen LogP contribution in [0.25, 0.3) is 0 Å². The summed E-state index contributed by atoms with van der Waals surface area (Å²) in [7, 11) is 0. The lowest BCUT2D eigenvalue weighted by atomic mass is 10.0. The summed E-state index contributed by atoms with van der Waals surface area (Å²) in [4.78, 5) is 34.8. The van der Waals surface area contributed by atoms with Crippen LogP contribution in [0.5, 0.6) is 0 Å². The summed E-state index contributed by atoms with van der Waals surface area (Å²) in [6, 6.07) is -1.01. The zero-order valence-corrected chi connectivity index (χ0v) is 11.8. The minimum atomic E-state index is -1.13. The number of hydrogen-bond acceptors (Lipinski definition) is 7. The first kappa shape index (κ1) is 16.9. The van der Waals surface area contributed by atoms with Crippen LogP contribution in [0.15, 0.2) is 4.58 Å². The normalized spacial score (nSPS) is 23.6. The van der Waals surface area contributed by atoms with Crippen LogP contribution >= 0.6 is 11.9 Å². The fourth-order valence-corrected chi connectivity index (χ4v) is 2.84. The van der Waals surface area contributed by atoms with Crippen molar-refractivity contribution < 1.29 is 19.8 Å². The molecule has 114 valence electrons. The zero-order chi connectivity index (χ0) is 15.1. The number of nitroso groups, excluding NO2 is 1. The molecule has 8 nitrogen and oxygen atoms in total. The zero-order valence-electron chi connectivity index (χ0n) is 11.0. The average Bonchev–Trinajstić information content (AvgIpc) is 2.80. The molecular weight excluding hydrogens is 286 g/mol. The number of β-amino-alcohol motifs (C(OH)–C–C–N with tert-alkyl or cyclic N) is 1. The lowest BCUT2D eigenvalue weighted by Gasteiger charge is -2.25. The molecule has 1 aliphatic rings. The summed E-state index contributed by atoms with van der Waals surface area (Å²) in [6.45, 7) is 0.419. The minimum absolute atomic E-state index is 0.00805. The molecule has 1 heterocycles. The van der Waals surface area contributed by atoms with Gasteiger partial charge in [0.15, 0.2) is 0 Å². The highest BCUT2D eigenvalue weighted by molar-refractivity contribution is 7.97. The van der Waals surface area contributed by atoms with Crippen LogP contribution in [0.2, 0.25) is 0 Å². The standard InChI is InChI=1S/C11H19N3O5S/c12-3-1-2-7(6-20-13-19)10(16)14-5-8(15)4-9(14)11(17)18/h7-9,15H,1-6,12H2,(H,17,18)/t7-,8?,9+/m1/s1. The Morgan fingerprint density at radius 1 is 1.50 bits per heavy atom. The second kappa shape index (κ2) is 8.18. The average molecular weight is 305 g/mol. The topological polar surface area (TPSA) is 133 Å². The van der Waals surface area contributed by atoms with Gasteiger partial charge >= 0.3 is 5.97 Å². The van der Waals surface area contributed by atoms with Crippen LogP contribution in [0.4, 0.5) is 0 Å². The van der Waals surface area contributed by atoms with Gasteiger partial charge in [-0.05, 0) is 19.4 Å². The van der Waals surface area contributed by atoms with E-state index < -0.39 is 24.0 Å². The van der Waals surface area contributed by atoms with Crippen molar-refractivity contribution in [2.75, 3.05) is 18.8 Å². The van der Waals surface area contributed by atoms with E-state index in [1.165, 1.54) is 4.90 Å². The van der Waals surface area contributed by atoms with Gasteiger partial charge in [0.2, 0.25) is 5.91 Å². The van der Waals surface area contributed by atoms with E-state index in [0.29, 0.717) is 19.4 Å². The predicted molar refractivity (Wildman–Crippen MR) is 73.8 cm³/mol. The van der Waals surface area contributed by atoms with Crippen molar-refractivity contribution in [3.05, 3.63) is 4.91 Å². The third-order valence-corrected chi connectivity index (χ3v) is 3.94. The predicted octanol–water partition coefficient (Wildman–Crippen LogP) is -0.198. The van der Waals surface area contributed by atoms with Gasteiger partial charge in [-0.3, -0.25) is 4.79 Å². The number of nitrogens with zero attached hydrogens (tertiary/aromatic N) is 2. The number of likely N-dealkylation sites (tertiary alicyclic amines) is 1. The molecule has 0 radical (unpaired) electrons. The molecule has 0 aromatic rings. The van der Waals surface area contributed by atoms with Gasteiger partial charge < -0.3 is 20.8 Å². The Morgan fingerprint density at radius 3 is 2.75 bits per heavy atom. The Bertz CT molecular complexity index is 368. The Kier molecular flexibility index (Phi) is 6.89. The van der Waals surface area contributed by atoms with Gasteiger partial charge in [0.1, 0.15) is 6.04 Å². The van der Waals surface area contributed by atoms with Gasteiger partial charge in [0.25, 0.3) is 0 Å². The molecule has 9 heteroatoms. The van der Waals surface area contributed by atoms with Crippen molar-refractivity contribution in [1.82, 2.24) is 4.90 Å². The number of aliphatic hydroxyl groups is 1. The van der Waals surface area contributed by atoms with Crippen molar-refractivity contribution in [2.24, 2.45) is 16.2 Å². The van der Waals surface area contributed by atoms with Gasteiger partial charge in [0.05, 0.1) is 6.10 Å². The monoisotopic (exact) mass is 305 g/mol. The number of carboxylic acids is 1. The molecule has 0 bridgehead atoms. The van der Waals surface area contributed by atoms with Gasteiger partial charge in [-0.1, -0.05) is 0 Å². The first-order valence-corrected chi connectivity index (χ1v) is 7.31. The van der Waals surface area contributed by atoms with Crippen LogP contribution < -0.4 is 5.73 Å². The van der Waals surface area contributed by atoms with Gasteiger partial charge in [-0.15, -0.1) is 4.91 Å². The summed E-state index contributed by atoms with van der Waals surface area (Å²) in [5, 5.41) is 18.6. The van der Waals surface area contributed by atoms with Gasteiger partial charge in [-0.25, -0.2) is 4.79 Å². The number of aliphatic hydroxyl groups excluding tert-OH is 1. The SMILES string of the molecule is NCCC[C@H](CSN=O)C(=O)N1CC(O)C[C@H]1C(=O)O. The fourth-order valence-electron chi connectivity index (χ4n) is 2.29. The molecule has 0 aliphatic carbocycles. The summed E-state index contributed by atoms with van der Waals surface area (Å²) >= 11 is 0.735. The van der Waals surface area contributed by atoms with Crippen LogP contribution in [-0.4, -0.2) is 58.0 Å². The highest BCUT2D eigenvalue weighted by atomic mass is 32.2. The summed E-state index contributed by atoms with van der Waals surface area (Å²) in [6.07, 6.45) is 0.275. The van der Waals surface area contributed by atoms with Crippen LogP contribution in [0.3, 0.4) is 0 Å². The molecule has 0 aromatic carbocycles. The summed E-state index contributed by atoms with van der Waals surface area (Å²) in [5.74, 6) is -1.80. The molecule has 3 atom stereocenters. The van der Waals surface area contributed by atoms with E-state index in [1.807, 2.05) is 0 Å². The lowest BCUT2D eigenvalue weighted by molar-refractivity contribution is -0.149. The lowest BCUT2D eigenvalue weighted by Crippen LogP contribution is -2.44. The quantitative estimate of drug-likeness (QED) is 0.418. The first-order chi connectivity index (χ1) is 9.51. The van der Waals surface area contributed by atoms with E-state index in [2.05, 4.69) is 4.58 Å². The molecule has 20 heavy (non-hydrogen) atoms. The number of aliphatic carboxylic acids is 1. The van der Waals surface area contributed by atoms with Crippen molar-refractivity contribution in [3.8, 4) is 0 Å². The van der Waals surface area contributed by atoms with Gasteiger partial charge in [0, 0.05) is 41.2 Å². The molecule has 0 saturated carbocycles. The molecule has 1 amide bonds. The largest absolute Gasteiger partial charge is 0.480 e. The van der Waals surface area contributed by atoms with Crippen molar-refractivity contribution in [2.45, 2.75) is 31.4 Å². The molecule has 1 rings (SSSR count). The smallest absolute Gasteiger partial charge is 0.326 e. The maximum atomic E-state index is 12.4. The third kappa shape index (κ3) is 4.43. The highest BCUT2D eigenvalue weighted by Crippen LogP contribution is 2.24. The second-order valence-corrected chi connectivity index (χ2v) is 5.47. The van der Waals surface area contributed by atoms with Crippen molar-refractivity contribution >= 4 is 23.8 Å². The number of carboxylic acid groups (broad SMARTS) is 1. The summed E-state index contributed by atoms with van der Waals surface area (Å²) < 4.78 is 2.66. The van der Waals surface area contributed by atoms with E-state index in [9.17, 15) is 19.6 Å². The summed E-state index contributed by atoms with van der Waals surface area (Å²) in [5.41, 5.74) is 5.41. The van der Waals surface area contributed by atoms with E-state index in [4.69, 9.17) is 10.8 Å². The molecule has 0 spiro atoms. The molecule has 1 unspecified atom stereocenters. The third-order valence-electron chi connectivity index (χ3n) is 3.28.